The van der Waals surface area contributed by atoms with Crippen LogP contribution in [0.3, 0.4) is 0 Å². The Morgan fingerprint density at radius 3 is 2.86 bits per heavy atom. The topological polar surface area (TPSA) is 215 Å². The number of anilines is 2. The van der Waals surface area contributed by atoms with Crippen LogP contribution in [0.15, 0.2) is 39.4 Å². The zero-order valence-electron chi connectivity index (χ0n) is 19.2. The lowest BCUT2D eigenvalue weighted by Crippen LogP contribution is -2.71. The lowest BCUT2D eigenvalue weighted by atomic mass is 10.0. The number of aliphatic carboxylic acids is 1. The summed E-state index contributed by atoms with van der Waals surface area (Å²) in [5.41, 5.74) is 11.5. The number of oxime groups is 1. The Bertz CT molecular complexity index is 1250. The van der Waals surface area contributed by atoms with Gasteiger partial charge in [0.25, 0.3) is 17.8 Å². The normalized spacial score (nSPS) is 19.7. The van der Waals surface area contributed by atoms with Crippen LogP contribution in [-0.2, 0) is 32.3 Å². The molecule has 2 aromatic rings. The molecule has 2 atom stereocenters. The Hall–Kier alpha value is -4.05. The maximum atomic E-state index is 13.0. The number of thioether (sulfide) groups is 1. The number of carboxylic acids is 1. The molecule has 4 heterocycles. The number of β-lactam (4-membered cyclic amide) rings is 1. The minimum Gasteiger partial charge on any atom is -0.477 e. The largest absolute Gasteiger partial charge is 0.477 e. The van der Waals surface area contributed by atoms with E-state index in [2.05, 4.69) is 15.5 Å². The van der Waals surface area contributed by atoms with Crippen LogP contribution in [0.4, 0.5) is 11.8 Å². The lowest BCUT2D eigenvalue weighted by Gasteiger charge is -2.49. The number of carboxylic acid groups (broad SMARTS) is 1. The number of carbonyl (C=O) groups excluding carboxylic acids is 2. The number of aliphatic hydroxyl groups is 1. The highest BCUT2D eigenvalue weighted by molar-refractivity contribution is 8.00. The molecule has 0 unspecified atom stereocenters. The minimum atomic E-state index is -1.26. The molecule has 0 bridgehead atoms. The van der Waals surface area contributed by atoms with Gasteiger partial charge in [-0.15, -0.1) is 21.1 Å². The molecule has 2 aromatic heterocycles. The van der Waals surface area contributed by atoms with Gasteiger partial charge < -0.3 is 36.3 Å². The van der Waals surface area contributed by atoms with E-state index in [0.717, 1.165) is 11.2 Å². The molecule has 1 fully saturated rings. The Balaban J connectivity index is 1.54. The molecular weight excluding hydrogens is 496 g/mol. The van der Waals surface area contributed by atoms with Crippen molar-refractivity contribution in [3.05, 3.63) is 35.5 Å². The van der Waals surface area contributed by atoms with Gasteiger partial charge in [-0.25, -0.2) is 4.79 Å². The Morgan fingerprint density at radius 2 is 2.22 bits per heavy atom. The zero-order chi connectivity index (χ0) is 26.0. The van der Waals surface area contributed by atoms with E-state index in [-0.39, 0.29) is 49.4 Å². The molecule has 2 aliphatic rings. The average Bonchev–Trinajstić information content (AvgIpc) is 3.43. The van der Waals surface area contributed by atoms with Crippen LogP contribution in [0.1, 0.15) is 12.6 Å². The predicted molar refractivity (Wildman–Crippen MR) is 125 cm³/mol. The van der Waals surface area contributed by atoms with E-state index < -0.39 is 29.2 Å². The van der Waals surface area contributed by atoms with E-state index >= 15 is 0 Å². The molecule has 16 heteroatoms. The smallest absolute Gasteiger partial charge is 0.352 e. The number of fused-ring (bicyclic) bond motifs is 1. The molecule has 0 radical (unpaired) electrons. The summed E-state index contributed by atoms with van der Waals surface area (Å²) in [6.45, 7) is 2.08. The number of nitrogens with two attached hydrogens (primary N) is 2. The van der Waals surface area contributed by atoms with E-state index in [1.165, 1.54) is 11.8 Å². The maximum Gasteiger partial charge on any atom is 0.352 e. The summed E-state index contributed by atoms with van der Waals surface area (Å²) in [4.78, 5) is 48.1. The van der Waals surface area contributed by atoms with Crippen LogP contribution < -0.4 is 21.5 Å². The van der Waals surface area contributed by atoms with Crippen molar-refractivity contribution in [2.45, 2.75) is 31.4 Å². The first kappa shape index (κ1) is 25.1. The van der Waals surface area contributed by atoms with Gasteiger partial charge in [-0.2, -0.15) is 4.98 Å². The highest BCUT2D eigenvalue weighted by Crippen LogP contribution is 2.40. The van der Waals surface area contributed by atoms with Crippen molar-refractivity contribution in [2.75, 3.05) is 30.4 Å². The Labute approximate surface area is 208 Å². The van der Waals surface area contributed by atoms with Gasteiger partial charge in [0.2, 0.25) is 0 Å². The highest BCUT2D eigenvalue weighted by atomic mass is 32.2. The fourth-order valence-electron chi connectivity index (χ4n) is 3.91. The van der Waals surface area contributed by atoms with Crippen LogP contribution in [0.25, 0.3) is 0 Å². The number of nitrogens with zero attached hydrogens (tertiary/aromatic N) is 5. The second kappa shape index (κ2) is 10.3. The van der Waals surface area contributed by atoms with Crippen LogP contribution in [0, 0.1) is 0 Å². The van der Waals surface area contributed by atoms with E-state index in [1.807, 2.05) is 0 Å². The standard InChI is InChI=1S/C20H24N8O7S/c1-2-35-25-13(11-8-34-20(22)23-11)16(30)24-14-17(31)28-15(19(32)33)10(9-36-18(14)28)7-26-4-3-12(21)27(26)5-6-29/h3-4,8,14,18,21,29H,2,5-7,9H2,1H3,(H4,22,23,24,30,32,33)/p+1/t14-,18-/m1/s1. The van der Waals surface area contributed by atoms with Gasteiger partial charge in [-0.05, 0) is 6.92 Å². The molecule has 192 valence electrons. The van der Waals surface area contributed by atoms with Crippen LogP contribution in [-0.4, -0.2) is 78.7 Å². The molecule has 0 aliphatic carbocycles. The van der Waals surface area contributed by atoms with Crippen LogP contribution in [0.2, 0.25) is 0 Å². The molecule has 2 amide bonds. The zero-order valence-corrected chi connectivity index (χ0v) is 20.0. The number of hydrogen-bond donors (Lipinski definition) is 5. The van der Waals surface area contributed by atoms with Crippen molar-refractivity contribution in [1.82, 2.24) is 19.9 Å². The predicted octanol–water partition coefficient (Wildman–Crippen LogP) is -1.90. The number of nitrogens with one attached hydrogen (secondary N) is 1. The van der Waals surface area contributed by atoms with Crippen molar-refractivity contribution in [3.8, 4) is 0 Å². The Morgan fingerprint density at radius 1 is 1.44 bits per heavy atom. The minimum absolute atomic E-state index is 0.0222. The molecule has 2 aliphatic heterocycles. The summed E-state index contributed by atoms with van der Waals surface area (Å²) in [6, 6.07) is 0.472. The fraction of sp³-hybridized carbons (Fsp3) is 0.400. The van der Waals surface area contributed by atoms with Gasteiger partial charge in [0.05, 0.1) is 12.7 Å². The number of carbonyl (C=O) groups is 3. The third-order valence-electron chi connectivity index (χ3n) is 5.49. The second-order valence-corrected chi connectivity index (χ2v) is 8.84. The quantitative estimate of drug-likeness (QED) is 0.101. The van der Waals surface area contributed by atoms with Gasteiger partial charge in [0, 0.05) is 11.3 Å². The second-order valence-electron chi connectivity index (χ2n) is 7.73. The molecular formula is C20H25N8O7S+. The first-order valence-electron chi connectivity index (χ1n) is 10.8. The van der Waals surface area contributed by atoms with Crippen molar-refractivity contribution in [1.29, 1.82) is 0 Å². The molecule has 1 saturated heterocycles. The first-order chi connectivity index (χ1) is 17.3. The summed E-state index contributed by atoms with van der Waals surface area (Å²) < 4.78 is 8.21. The summed E-state index contributed by atoms with van der Waals surface area (Å²) in [5.74, 6) is -1.90. The van der Waals surface area contributed by atoms with Crippen LogP contribution >= 0.6 is 11.8 Å². The highest BCUT2D eigenvalue weighted by Gasteiger charge is 2.55. The molecule has 0 spiro atoms. The number of oxazole rings is 1. The van der Waals surface area contributed by atoms with Crippen molar-refractivity contribution in [2.24, 2.45) is 5.16 Å². The van der Waals surface area contributed by atoms with Gasteiger partial charge in [0.1, 0.15) is 42.2 Å². The van der Waals surface area contributed by atoms with E-state index in [9.17, 15) is 24.6 Å². The molecule has 4 rings (SSSR count). The Kier molecular flexibility index (Phi) is 7.16. The lowest BCUT2D eigenvalue weighted by molar-refractivity contribution is -0.767. The molecule has 15 nitrogen and oxygen atoms in total. The summed E-state index contributed by atoms with van der Waals surface area (Å²) in [5, 5.41) is 24.9. The van der Waals surface area contributed by atoms with Crippen molar-refractivity contribution < 1.29 is 38.5 Å². The van der Waals surface area contributed by atoms with E-state index in [1.54, 1.807) is 28.6 Å². The van der Waals surface area contributed by atoms with E-state index in [4.69, 9.17) is 20.7 Å². The third kappa shape index (κ3) is 4.59. The van der Waals surface area contributed by atoms with Crippen molar-refractivity contribution >= 4 is 47.1 Å². The number of aromatic nitrogens is 3. The number of amides is 2. The van der Waals surface area contributed by atoms with E-state index in [0.29, 0.717) is 17.1 Å². The number of hydrogen-bond acceptors (Lipinski definition) is 11. The van der Waals surface area contributed by atoms with Gasteiger partial charge in [0.15, 0.2) is 24.3 Å². The molecule has 36 heavy (non-hydrogen) atoms. The summed E-state index contributed by atoms with van der Waals surface area (Å²) >= 11 is 1.31. The summed E-state index contributed by atoms with van der Waals surface area (Å²) in [6.07, 6.45) is 2.80. The molecule has 7 N–H and O–H groups in total. The van der Waals surface area contributed by atoms with Gasteiger partial charge >= 0.3 is 5.97 Å². The van der Waals surface area contributed by atoms with Gasteiger partial charge in [-0.1, -0.05) is 5.16 Å². The van der Waals surface area contributed by atoms with Crippen LogP contribution in [0.5, 0.6) is 0 Å². The average molecular weight is 522 g/mol. The summed E-state index contributed by atoms with van der Waals surface area (Å²) in [7, 11) is 0. The first-order valence-corrected chi connectivity index (χ1v) is 11.9. The molecule has 0 aromatic carbocycles. The SMILES string of the molecule is CCON=C(C(=O)N[C@@H]1C(=O)N2C(C(=O)O)=C(C[n+]3ccc(N)n3CCO)CS[C@H]12)c1coc(N)n1. The third-order valence-corrected chi connectivity index (χ3v) is 6.83. The maximum absolute atomic E-state index is 13.0. The number of nitrogen functional groups attached to an aromatic ring is 2. The van der Waals surface area contributed by atoms with Gasteiger partial charge in [-0.3, -0.25) is 14.5 Å². The number of rotatable bonds is 10. The number of aliphatic hydroxyl groups excluding tert-OH is 1. The van der Waals surface area contributed by atoms with Crippen molar-refractivity contribution in [3.63, 3.8) is 0 Å². The fourth-order valence-corrected chi connectivity index (χ4v) is 5.24. The molecule has 0 saturated carbocycles. The monoisotopic (exact) mass is 521 g/mol.